The van der Waals surface area contributed by atoms with Crippen LogP contribution in [-0.4, -0.2) is 71.2 Å². The minimum absolute atomic E-state index is 0.0220. The van der Waals surface area contributed by atoms with Gasteiger partial charge in [-0.2, -0.15) is 4.31 Å². The zero-order chi connectivity index (χ0) is 24.6. The molecule has 2 saturated carbocycles. The Morgan fingerprint density at radius 3 is 2.62 bits per heavy atom. The van der Waals surface area contributed by atoms with Crippen molar-refractivity contribution in [2.24, 2.45) is 16.7 Å². The summed E-state index contributed by atoms with van der Waals surface area (Å²) in [7, 11) is -2.14. The fourth-order valence-corrected chi connectivity index (χ4v) is 7.87. The van der Waals surface area contributed by atoms with Crippen LogP contribution in [0, 0.1) is 16.7 Å². The van der Waals surface area contributed by atoms with Gasteiger partial charge in [-0.1, -0.05) is 20.8 Å². The van der Waals surface area contributed by atoms with E-state index >= 15 is 0 Å². The number of sulfonamides is 1. The first-order valence-electron chi connectivity index (χ1n) is 12.4. The highest BCUT2D eigenvalue weighted by molar-refractivity contribution is 7.89. The Morgan fingerprint density at radius 2 is 1.97 bits per heavy atom. The molecular weight excluding hydrogens is 454 g/mol. The zero-order valence-electron chi connectivity index (χ0n) is 20.9. The van der Waals surface area contributed by atoms with Crippen molar-refractivity contribution < 1.29 is 22.7 Å². The molecule has 2 bridgehead atoms. The van der Waals surface area contributed by atoms with E-state index in [0.29, 0.717) is 56.6 Å². The van der Waals surface area contributed by atoms with Crippen molar-refractivity contribution in [1.82, 2.24) is 9.62 Å². The van der Waals surface area contributed by atoms with E-state index in [4.69, 9.17) is 9.47 Å². The summed E-state index contributed by atoms with van der Waals surface area (Å²) < 4.78 is 39.0. The lowest BCUT2D eigenvalue weighted by atomic mass is 9.68. The number of carbonyl (C=O) groups excluding carboxylic acids is 1. The summed E-state index contributed by atoms with van der Waals surface area (Å²) in [5.41, 5.74) is 0.992. The number of hydrogen-bond donors (Lipinski definition) is 2. The van der Waals surface area contributed by atoms with Crippen LogP contribution in [0.4, 0.5) is 5.69 Å². The minimum atomic E-state index is -3.78. The second kappa shape index (κ2) is 9.76. The minimum Gasteiger partial charge on any atom is -0.385 e. The highest BCUT2D eigenvalue weighted by Gasteiger charge is 2.59. The SMILES string of the molecule is COCCCNc1ccc(C(=O)NC2C(C)(C)[C@@H]3CC[C@@]2(C)C3)cc1S(=O)(=O)N1CCOCC1. The summed E-state index contributed by atoms with van der Waals surface area (Å²) in [5, 5.41) is 6.52. The van der Waals surface area contributed by atoms with Gasteiger partial charge in [0.15, 0.2) is 0 Å². The molecule has 0 radical (unpaired) electrons. The highest BCUT2D eigenvalue weighted by atomic mass is 32.2. The van der Waals surface area contributed by atoms with E-state index in [2.05, 4.69) is 31.4 Å². The van der Waals surface area contributed by atoms with E-state index in [9.17, 15) is 13.2 Å². The first kappa shape index (κ1) is 25.4. The molecule has 4 rings (SSSR count). The number of anilines is 1. The van der Waals surface area contributed by atoms with Crippen LogP contribution in [0.2, 0.25) is 0 Å². The number of rotatable bonds is 9. The summed E-state index contributed by atoms with van der Waals surface area (Å²) >= 11 is 0. The van der Waals surface area contributed by atoms with E-state index in [0.717, 1.165) is 19.3 Å². The molecular formula is C25H39N3O5S. The van der Waals surface area contributed by atoms with Gasteiger partial charge in [-0.3, -0.25) is 4.79 Å². The molecule has 2 aliphatic carbocycles. The van der Waals surface area contributed by atoms with Gasteiger partial charge in [-0.05, 0) is 60.6 Å². The lowest BCUT2D eigenvalue weighted by Gasteiger charge is -2.43. The number of methoxy groups -OCH3 is 1. The van der Waals surface area contributed by atoms with Crippen molar-refractivity contribution in [2.75, 3.05) is 51.9 Å². The molecule has 3 atom stereocenters. The second-order valence-electron chi connectivity index (χ2n) is 10.8. The predicted octanol–water partition coefficient (Wildman–Crippen LogP) is 3.10. The lowest BCUT2D eigenvalue weighted by Crippen LogP contribution is -2.52. The van der Waals surface area contributed by atoms with E-state index in [1.54, 1.807) is 19.2 Å². The quantitative estimate of drug-likeness (QED) is 0.513. The van der Waals surface area contributed by atoms with Gasteiger partial charge in [0, 0.05) is 45.0 Å². The van der Waals surface area contributed by atoms with Gasteiger partial charge in [0.25, 0.3) is 5.91 Å². The molecule has 3 aliphatic rings. The largest absolute Gasteiger partial charge is 0.385 e. The van der Waals surface area contributed by atoms with Gasteiger partial charge in [-0.15, -0.1) is 0 Å². The highest BCUT2D eigenvalue weighted by Crippen LogP contribution is 2.62. The Kier molecular flexibility index (Phi) is 7.29. The maximum absolute atomic E-state index is 13.5. The Bertz CT molecular complexity index is 1000. The Labute approximate surface area is 203 Å². The number of fused-ring (bicyclic) bond motifs is 2. The van der Waals surface area contributed by atoms with E-state index in [-0.39, 0.29) is 27.7 Å². The van der Waals surface area contributed by atoms with Gasteiger partial charge >= 0.3 is 0 Å². The summed E-state index contributed by atoms with van der Waals surface area (Å²) in [5.74, 6) is 0.398. The van der Waals surface area contributed by atoms with Crippen molar-refractivity contribution in [3.05, 3.63) is 23.8 Å². The number of nitrogens with one attached hydrogen (secondary N) is 2. The second-order valence-corrected chi connectivity index (χ2v) is 12.7. The van der Waals surface area contributed by atoms with Crippen molar-refractivity contribution in [3.63, 3.8) is 0 Å². The lowest BCUT2D eigenvalue weighted by molar-refractivity contribution is 0.0729. The van der Waals surface area contributed by atoms with Crippen LogP contribution in [0.25, 0.3) is 0 Å². The molecule has 0 aromatic heterocycles. The van der Waals surface area contributed by atoms with Gasteiger partial charge in [0.2, 0.25) is 10.0 Å². The molecule has 1 aromatic rings. The van der Waals surface area contributed by atoms with Crippen molar-refractivity contribution >= 4 is 21.6 Å². The third-order valence-corrected chi connectivity index (χ3v) is 10.2. The van der Waals surface area contributed by atoms with Crippen LogP contribution in [0.3, 0.4) is 0 Å². The number of benzene rings is 1. The normalized spacial score (nSPS) is 28.7. The molecule has 1 unspecified atom stereocenters. The molecule has 9 heteroatoms. The van der Waals surface area contributed by atoms with Crippen molar-refractivity contribution in [2.45, 2.75) is 57.4 Å². The first-order valence-corrected chi connectivity index (χ1v) is 13.8. The monoisotopic (exact) mass is 493 g/mol. The molecule has 2 N–H and O–H groups in total. The van der Waals surface area contributed by atoms with Crippen LogP contribution >= 0.6 is 0 Å². The molecule has 34 heavy (non-hydrogen) atoms. The zero-order valence-corrected chi connectivity index (χ0v) is 21.7. The van der Waals surface area contributed by atoms with Gasteiger partial charge in [-0.25, -0.2) is 8.42 Å². The molecule has 8 nitrogen and oxygen atoms in total. The summed E-state index contributed by atoms with van der Waals surface area (Å²) in [6, 6.07) is 5.02. The van der Waals surface area contributed by atoms with Crippen LogP contribution in [0.1, 0.15) is 56.8 Å². The summed E-state index contributed by atoms with van der Waals surface area (Å²) in [6.07, 6.45) is 4.20. The van der Waals surface area contributed by atoms with Crippen LogP contribution in [0.15, 0.2) is 23.1 Å². The smallest absolute Gasteiger partial charge is 0.251 e. The summed E-state index contributed by atoms with van der Waals surface area (Å²) in [6.45, 7) is 9.25. The number of hydrogen-bond acceptors (Lipinski definition) is 6. The summed E-state index contributed by atoms with van der Waals surface area (Å²) in [4.78, 5) is 13.5. The number of amides is 1. The fourth-order valence-electron chi connectivity index (χ4n) is 6.27. The molecule has 0 spiro atoms. The molecule has 3 fully saturated rings. The Balaban J connectivity index is 1.60. The van der Waals surface area contributed by atoms with Crippen LogP contribution in [0.5, 0.6) is 0 Å². The molecule has 1 aliphatic heterocycles. The Morgan fingerprint density at radius 1 is 1.24 bits per heavy atom. The average molecular weight is 494 g/mol. The third kappa shape index (κ3) is 4.72. The molecule has 1 heterocycles. The molecule has 1 amide bonds. The maximum Gasteiger partial charge on any atom is 0.251 e. The average Bonchev–Trinajstić information content (AvgIpc) is 3.31. The predicted molar refractivity (Wildman–Crippen MR) is 131 cm³/mol. The van der Waals surface area contributed by atoms with Gasteiger partial charge in [0.05, 0.1) is 18.9 Å². The van der Waals surface area contributed by atoms with E-state index in [1.807, 2.05) is 0 Å². The Hall–Kier alpha value is -1.68. The number of nitrogens with zero attached hydrogens (tertiary/aromatic N) is 1. The number of carbonyl (C=O) groups is 1. The first-order chi connectivity index (χ1) is 16.1. The molecule has 190 valence electrons. The number of ether oxygens (including phenoxy) is 2. The topological polar surface area (TPSA) is 97.0 Å². The van der Waals surface area contributed by atoms with Crippen molar-refractivity contribution in [1.29, 1.82) is 0 Å². The standard InChI is InChI=1S/C25H39N3O5S/c1-24(2)19-8-9-25(3,17-19)23(24)27-22(29)18-6-7-20(26-10-5-13-32-4)21(16-18)34(30,31)28-11-14-33-15-12-28/h6-7,16,19,23,26H,5,8-15,17H2,1-4H3,(H,27,29)/t19-,23?,25+/m1/s1. The van der Waals surface area contributed by atoms with Gasteiger partial charge < -0.3 is 20.1 Å². The van der Waals surface area contributed by atoms with Crippen LogP contribution < -0.4 is 10.6 Å². The number of morpholine rings is 1. The van der Waals surface area contributed by atoms with Crippen LogP contribution in [-0.2, 0) is 19.5 Å². The molecule has 1 aromatic carbocycles. The third-order valence-electron chi connectivity index (χ3n) is 8.22. The van der Waals surface area contributed by atoms with Gasteiger partial charge in [0.1, 0.15) is 4.90 Å². The maximum atomic E-state index is 13.5. The van der Waals surface area contributed by atoms with E-state index in [1.165, 1.54) is 16.8 Å². The van der Waals surface area contributed by atoms with Crippen molar-refractivity contribution in [3.8, 4) is 0 Å². The fraction of sp³-hybridized carbons (Fsp3) is 0.720. The molecule has 1 saturated heterocycles. The van der Waals surface area contributed by atoms with E-state index < -0.39 is 10.0 Å².